The highest BCUT2D eigenvalue weighted by atomic mass is 16.6. The van der Waals surface area contributed by atoms with E-state index in [0.717, 1.165) is 66.5 Å². The maximum absolute atomic E-state index is 13.8. The topological polar surface area (TPSA) is 106 Å². The van der Waals surface area contributed by atoms with Crippen LogP contribution in [0.1, 0.15) is 86.6 Å². The fraction of sp³-hybridized carbons (Fsp3) is 0.486. The summed E-state index contributed by atoms with van der Waals surface area (Å²) in [6.07, 6.45) is 9.54. The normalized spacial score (nSPS) is 16.4. The zero-order valence-electron chi connectivity index (χ0n) is 26.6. The zero-order chi connectivity index (χ0) is 31.4. The van der Waals surface area contributed by atoms with Gasteiger partial charge in [0.2, 0.25) is 5.91 Å². The molecule has 3 aromatic rings. The molecule has 0 unspecified atom stereocenters. The summed E-state index contributed by atoms with van der Waals surface area (Å²) in [6.45, 7) is 10.9. The third-order valence-electron chi connectivity index (χ3n) is 8.61. The Morgan fingerprint density at radius 2 is 1.57 bits per heavy atom. The minimum atomic E-state index is -0.655. The van der Waals surface area contributed by atoms with Crippen LogP contribution in [-0.2, 0) is 22.6 Å². The molecule has 1 aliphatic heterocycles. The quantitative estimate of drug-likeness (QED) is 0.310. The van der Waals surface area contributed by atoms with Crippen LogP contribution in [0.25, 0.3) is 11.1 Å². The van der Waals surface area contributed by atoms with E-state index in [1.54, 1.807) is 11.0 Å². The molecule has 2 aliphatic rings. The number of benzene rings is 1. The van der Waals surface area contributed by atoms with E-state index < -0.39 is 11.6 Å². The molecule has 9 nitrogen and oxygen atoms in total. The van der Waals surface area contributed by atoms with Crippen LogP contribution in [0, 0.1) is 19.8 Å². The lowest BCUT2D eigenvalue weighted by Crippen LogP contribution is -2.49. The van der Waals surface area contributed by atoms with Gasteiger partial charge in [-0.25, -0.2) is 4.79 Å². The van der Waals surface area contributed by atoms with Crippen molar-refractivity contribution in [3.8, 4) is 11.1 Å². The van der Waals surface area contributed by atoms with Crippen LogP contribution in [-0.4, -0.2) is 50.5 Å². The third kappa shape index (κ3) is 7.31. The zero-order valence-corrected chi connectivity index (χ0v) is 26.6. The van der Waals surface area contributed by atoms with Gasteiger partial charge in [0.1, 0.15) is 17.3 Å². The molecule has 2 N–H and O–H groups in total. The molecule has 1 saturated carbocycles. The Morgan fingerprint density at radius 3 is 2.20 bits per heavy atom. The number of amides is 3. The molecular weight excluding hydrogens is 554 g/mol. The second-order valence-corrected chi connectivity index (χ2v) is 13.2. The lowest BCUT2D eigenvalue weighted by Gasteiger charge is -2.32. The first kappa shape index (κ1) is 31.3. The third-order valence-corrected chi connectivity index (χ3v) is 8.61. The van der Waals surface area contributed by atoms with Crippen molar-refractivity contribution in [1.29, 1.82) is 0 Å². The highest BCUT2D eigenvalue weighted by molar-refractivity contribution is 6.01. The molecule has 1 fully saturated rings. The van der Waals surface area contributed by atoms with Crippen molar-refractivity contribution in [2.75, 3.05) is 11.9 Å². The van der Waals surface area contributed by atoms with Gasteiger partial charge in [-0.2, -0.15) is 0 Å². The minimum Gasteiger partial charge on any atom is -0.444 e. The fourth-order valence-electron chi connectivity index (χ4n) is 6.44. The highest BCUT2D eigenvalue weighted by Crippen LogP contribution is 2.29. The molecule has 0 bridgehead atoms. The largest absolute Gasteiger partial charge is 0.444 e. The standard InChI is InChI=1S/C35H45N5O4/c1-23-20-36-21-24(2)30(23)25-12-14-27(15-13-25)37-33(42)31(26-10-8-6-7-9-11-26)38-32(41)29-17-16-28-22-39(18-19-40(28)29)34(43)44-35(3,4)5/h12-17,20-21,26,31H,6-11,18-19,22H2,1-5H3,(H,37,42)(H,38,41)/t31-/m0/s1. The Labute approximate surface area is 260 Å². The van der Waals surface area contributed by atoms with Gasteiger partial charge in [-0.05, 0) is 99.9 Å². The number of pyridine rings is 1. The SMILES string of the molecule is Cc1cncc(C)c1-c1ccc(NC(=O)[C@@H](NC(=O)c2ccc3n2CCN(C(=O)OC(C)(C)C)C3)C2CCCCCC2)cc1. The van der Waals surface area contributed by atoms with Crippen LogP contribution in [0.15, 0.2) is 48.8 Å². The lowest BCUT2D eigenvalue weighted by molar-refractivity contribution is -0.119. The number of hydrogen-bond donors (Lipinski definition) is 2. The molecular formula is C35H45N5O4. The number of nitrogens with one attached hydrogen (secondary N) is 2. The number of nitrogens with zero attached hydrogens (tertiary/aromatic N) is 3. The van der Waals surface area contributed by atoms with Crippen molar-refractivity contribution in [1.82, 2.24) is 19.8 Å². The van der Waals surface area contributed by atoms with Crippen molar-refractivity contribution in [3.63, 3.8) is 0 Å². The Bertz CT molecular complexity index is 1480. The molecule has 0 spiro atoms. The van der Waals surface area contributed by atoms with E-state index in [2.05, 4.69) is 15.6 Å². The number of ether oxygens (including phenoxy) is 1. The molecule has 1 aliphatic carbocycles. The van der Waals surface area contributed by atoms with Crippen LogP contribution in [0.4, 0.5) is 10.5 Å². The molecule has 2 aromatic heterocycles. The van der Waals surface area contributed by atoms with Crippen LogP contribution in [0.2, 0.25) is 0 Å². The second kappa shape index (κ2) is 13.2. The predicted octanol–water partition coefficient (Wildman–Crippen LogP) is 6.63. The summed E-state index contributed by atoms with van der Waals surface area (Å²) in [5.41, 5.74) is 5.90. The molecule has 3 heterocycles. The van der Waals surface area contributed by atoms with E-state index in [4.69, 9.17) is 4.74 Å². The van der Waals surface area contributed by atoms with E-state index in [1.807, 2.05) is 81.9 Å². The van der Waals surface area contributed by atoms with Crippen molar-refractivity contribution < 1.29 is 19.1 Å². The van der Waals surface area contributed by atoms with Crippen molar-refractivity contribution in [2.24, 2.45) is 5.92 Å². The number of anilines is 1. The summed E-state index contributed by atoms with van der Waals surface area (Å²) in [5.74, 6) is -0.414. The number of carbonyl (C=O) groups excluding carboxylic acids is 3. The van der Waals surface area contributed by atoms with Crippen LogP contribution >= 0.6 is 0 Å². The smallest absolute Gasteiger partial charge is 0.410 e. The van der Waals surface area contributed by atoms with Crippen LogP contribution in [0.5, 0.6) is 0 Å². The molecule has 5 rings (SSSR count). The molecule has 3 amide bonds. The monoisotopic (exact) mass is 599 g/mol. The van der Waals surface area contributed by atoms with Gasteiger partial charge in [-0.1, -0.05) is 37.8 Å². The number of aromatic nitrogens is 2. The van der Waals surface area contributed by atoms with Gasteiger partial charge in [0.15, 0.2) is 0 Å². The molecule has 9 heteroatoms. The number of fused-ring (bicyclic) bond motifs is 1. The Morgan fingerprint density at radius 1 is 0.909 bits per heavy atom. The first-order valence-electron chi connectivity index (χ1n) is 15.8. The summed E-state index contributed by atoms with van der Waals surface area (Å²) in [6, 6.07) is 10.9. The van der Waals surface area contributed by atoms with Crippen LogP contribution < -0.4 is 10.6 Å². The summed E-state index contributed by atoms with van der Waals surface area (Å²) in [4.78, 5) is 46.1. The van der Waals surface area contributed by atoms with Gasteiger partial charge in [-0.15, -0.1) is 0 Å². The molecule has 0 saturated heterocycles. The molecule has 234 valence electrons. The first-order chi connectivity index (χ1) is 21.0. The van der Waals surface area contributed by atoms with E-state index in [9.17, 15) is 14.4 Å². The summed E-state index contributed by atoms with van der Waals surface area (Å²) in [7, 11) is 0. The second-order valence-electron chi connectivity index (χ2n) is 13.2. The number of aryl methyl sites for hydroxylation is 2. The first-order valence-corrected chi connectivity index (χ1v) is 15.8. The van der Waals surface area contributed by atoms with Gasteiger partial charge in [0.25, 0.3) is 5.91 Å². The number of carbonyl (C=O) groups is 3. The maximum Gasteiger partial charge on any atom is 0.410 e. The summed E-state index contributed by atoms with van der Waals surface area (Å²) in [5, 5.41) is 6.21. The summed E-state index contributed by atoms with van der Waals surface area (Å²) >= 11 is 0. The van der Waals surface area contributed by atoms with Crippen molar-refractivity contribution in [2.45, 2.75) is 97.9 Å². The Balaban J connectivity index is 1.31. The van der Waals surface area contributed by atoms with Gasteiger partial charge in [0, 0.05) is 36.9 Å². The average molecular weight is 600 g/mol. The van der Waals surface area contributed by atoms with E-state index in [-0.39, 0.29) is 23.8 Å². The lowest BCUT2D eigenvalue weighted by atomic mass is 9.91. The Hall–Kier alpha value is -4.14. The molecule has 1 atom stereocenters. The van der Waals surface area contributed by atoms with Crippen molar-refractivity contribution >= 4 is 23.6 Å². The van der Waals surface area contributed by atoms with E-state index in [0.29, 0.717) is 31.0 Å². The van der Waals surface area contributed by atoms with Gasteiger partial charge in [-0.3, -0.25) is 14.6 Å². The van der Waals surface area contributed by atoms with Gasteiger partial charge in [0.05, 0.1) is 6.54 Å². The molecule has 44 heavy (non-hydrogen) atoms. The van der Waals surface area contributed by atoms with Gasteiger partial charge >= 0.3 is 6.09 Å². The Kier molecular flexibility index (Phi) is 9.42. The minimum absolute atomic E-state index is 0.0567. The average Bonchev–Trinajstić information content (AvgIpc) is 3.21. The van der Waals surface area contributed by atoms with Gasteiger partial charge < -0.3 is 24.8 Å². The predicted molar refractivity (Wildman–Crippen MR) is 171 cm³/mol. The summed E-state index contributed by atoms with van der Waals surface area (Å²) < 4.78 is 7.49. The number of rotatable bonds is 6. The fourth-order valence-corrected chi connectivity index (χ4v) is 6.44. The highest BCUT2D eigenvalue weighted by Gasteiger charge is 2.33. The van der Waals surface area contributed by atoms with Crippen molar-refractivity contribution in [3.05, 3.63) is 71.3 Å². The van der Waals surface area contributed by atoms with E-state index in [1.165, 1.54) is 0 Å². The maximum atomic E-state index is 13.8. The molecule has 1 aromatic carbocycles. The van der Waals surface area contributed by atoms with E-state index >= 15 is 0 Å². The van der Waals surface area contributed by atoms with Crippen LogP contribution in [0.3, 0.4) is 0 Å². The molecule has 0 radical (unpaired) electrons. The number of hydrogen-bond acceptors (Lipinski definition) is 5.